The normalized spacial score (nSPS) is 14.1. The van der Waals surface area contributed by atoms with Crippen molar-refractivity contribution in [1.29, 1.82) is 0 Å². The van der Waals surface area contributed by atoms with E-state index in [9.17, 15) is 4.79 Å². The molecule has 2 aromatic carbocycles. The first-order valence-electron chi connectivity index (χ1n) is 10.5. The fourth-order valence-electron chi connectivity index (χ4n) is 3.99. The summed E-state index contributed by atoms with van der Waals surface area (Å²) in [6.07, 6.45) is 5.29. The SMILES string of the molecule is O=C(Cn1ccc2ccccc21)Nc1cnc(N2CCN(c3ccccc3)CC2)nc1. The van der Waals surface area contributed by atoms with Gasteiger partial charge in [-0.1, -0.05) is 36.4 Å². The van der Waals surface area contributed by atoms with Crippen molar-refractivity contribution in [3.8, 4) is 0 Å². The Bertz CT molecular complexity index is 1160. The fraction of sp³-hybridized carbons (Fsp3) is 0.208. The third-order valence-electron chi connectivity index (χ3n) is 5.60. The van der Waals surface area contributed by atoms with Crippen LogP contribution in [0.3, 0.4) is 0 Å². The van der Waals surface area contributed by atoms with Crippen LogP contribution in [0.2, 0.25) is 0 Å². The minimum Gasteiger partial charge on any atom is -0.368 e. The van der Waals surface area contributed by atoms with Gasteiger partial charge in [-0.25, -0.2) is 9.97 Å². The van der Waals surface area contributed by atoms with Gasteiger partial charge in [-0.3, -0.25) is 4.79 Å². The maximum Gasteiger partial charge on any atom is 0.244 e. The maximum absolute atomic E-state index is 12.5. The molecular formula is C24H24N6O. The standard InChI is InChI=1S/C24H24N6O/c31-23(18-30-11-10-19-6-4-5-9-22(19)30)27-20-16-25-24(26-17-20)29-14-12-28(13-15-29)21-7-2-1-3-8-21/h1-11,16-17H,12-15,18H2,(H,27,31). The van der Waals surface area contributed by atoms with Gasteiger partial charge in [0.15, 0.2) is 0 Å². The van der Waals surface area contributed by atoms with Crippen molar-refractivity contribution in [3.05, 3.63) is 79.3 Å². The lowest BCUT2D eigenvalue weighted by Crippen LogP contribution is -2.47. The van der Waals surface area contributed by atoms with E-state index < -0.39 is 0 Å². The van der Waals surface area contributed by atoms with Gasteiger partial charge in [0.05, 0.1) is 18.1 Å². The zero-order chi connectivity index (χ0) is 21.0. The topological polar surface area (TPSA) is 66.3 Å². The van der Waals surface area contributed by atoms with Crippen molar-refractivity contribution < 1.29 is 4.79 Å². The van der Waals surface area contributed by atoms with Gasteiger partial charge in [-0.15, -0.1) is 0 Å². The minimum atomic E-state index is -0.103. The van der Waals surface area contributed by atoms with Crippen LogP contribution in [0.15, 0.2) is 79.3 Å². The lowest BCUT2D eigenvalue weighted by molar-refractivity contribution is -0.116. The van der Waals surface area contributed by atoms with E-state index in [-0.39, 0.29) is 12.5 Å². The molecule has 2 aromatic heterocycles. The van der Waals surface area contributed by atoms with Crippen molar-refractivity contribution >= 4 is 34.1 Å². The van der Waals surface area contributed by atoms with Gasteiger partial charge < -0.3 is 19.7 Å². The number of aromatic nitrogens is 3. The third kappa shape index (κ3) is 4.21. The van der Waals surface area contributed by atoms with Crippen molar-refractivity contribution in [2.45, 2.75) is 6.54 Å². The number of nitrogens with zero attached hydrogens (tertiary/aromatic N) is 5. The van der Waals surface area contributed by atoms with E-state index in [1.54, 1.807) is 12.4 Å². The number of fused-ring (bicyclic) bond motifs is 1. The number of piperazine rings is 1. The second kappa shape index (κ2) is 8.47. The highest BCUT2D eigenvalue weighted by atomic mass is 16.1. The van der Waals surface area contributed by atoms with Crippen LogP contribution in [0.5, 0.6) is 0 Å². The van der Waals surface area contributed by atoms with Crippen LogP contribution in [-0.4, -0.2) is 46.6 Å². The molecule has 0 atom stereocenters. The summed E-state index contributed by atoms with van der Waals surface area (Å²) in [4.78, 5) is 26.0. The Labute approximate surface area is 181 Å². The molecule has 0 bridgehead atoms. The number of carbonyl (C=O) groups is 1. The Hall–Kier alpha value is -3.87. The molecule has 5 rings (SSSR count). The molecular weight excluding hydrogens is 388 g/mol. The highest BCUT2D eigenvalue weighted by molar-refractivity contribution is 5.91. The number of hydrogen-bond donors (Lipinski definition) is 1. The van der Waals surface area contributed by atoms with Gasteiger partial charge in [0, 0.05) is 43.6 Å². The second-order valence-electron chi connectivity index (χ2n) is 7.63. The van der Waals surface area contributed by atoms with Crippen LogP contribution in [-0.2, 0) is 11.3 Å². The van der Waals surface area contributed by atoms with Gasteiger partial charge in [-0.2, -0.15) is 0 Å². The highest BCUT2D eigenvalue weighted by Gasteiger charge is 2.19. The first-order chi connectivity index (χ1) is 15.3. The number of rotatable bonds is 5. The minimum absolute atomic E-state index is 0.103. The van der Waals surface area contributed by atoms with E-state index in [0.29, 0.717) is 11.6 Å². The lowest BCUT2D eigenvalue weighted by Gasteiger charge is -2.36. The van der Waals surface area contributed by atoms with Gasteiger partial charge in [0.1, 0.15) is 6.54 Å². The molecule has 1 aliphatic rings. The summed E-state index contributed by atoms with van der Waals surface area (Å²) in [6, 6.07) is 20.5. The lowest BCUT2D eigenvalue weighted by atomic mass is 10.2. The summed E-state index contributed by atoms with van der Waals surface area (Å²) in [5.41, 5.74) is 2.89. The molecule has 1 amide bonds. The molecule has 31 heavy (non-hydrogen) atoms. The average molecular weight is 412 g/mol. The molecule has 0 radical (unpaired) electrons. The van der Waals surface area contributed by atoms with Crippen LogP contribution < -0.4 is 15.1 Å². The number of benzene rings is 2. The van der Waals surface area contributed by atoms with Gasteiger partial charge >= 0.3 is 0 Å². The number of nitrogens with one attached hydrogen (secondary N) is 1. The molecule has 0 aliphatic carbocycles. The Morgan fingerprint density at radius 3 is 2.29 bits per heavy atom. The first-order valence-corrected chi connectivity index (χ1v) is 10.5. The maximum atomic E-state index is 12.5. The van der Waals surface area contributed by atoms with Crippen LogP contribution >= 0.6 is 0 Å². The van der Waals surface area contributed by atoms with E-state index in [1.807, 2.05) is 47.2 Å². The van der Waals surface area contributed by atoms with Crippen LogP contribution in [0.25, 0.3) is 10.9 Å². The van der Waals surface area contributed by atoms with Gasteiger partial charge in [0.2, 0.25) is 11.9 Å². The largest absolute Gasteiger partial charge is 0.368 e. The van der Waals surface area contributed by atoms with E-state index in [1.165, 1.54) is 5.69 Å². The van der Waals surface area contributed by atoms with E-state index in [0.717, 1.165) is 37.1 Å². The Kier molecular flexibility index (Phi) is 5.22. The molecule has 1 fully saturated rings. The summed E-state index contributed by atoms with van der Waals surface area (Å²) in [5.74, 6) is 0.594. The monoisotopic (exact) mass is 412 g/mol. The predicted octanol–water partition coefficient (Wildman–Crippen LogP) is 3.40. The highest BCUT2D eigenvalue weighted by Crippen LogP contribution is 2.19. The molecule has 4 aromatic rings. The van der Waals surface area contributed by atoms with Gasteiger partial charge in [0.25, 0.3) is 0 Å². The molecule has 0 saturated carbocycles. The van der Waals surface area contributed by atoms with E-state index in [2.05, 4.69) is 49.4 Å². The molecule has 1 N–H and O–H groups in total. The summed E-state index contributed by atoms with van der Waals surface area (Å²) in [5, 5.41) is 4.01. The van der Waals surface area contributed by atoms with Crippen molar-refractivity contribution in [2.75, 3.05) is 41.3 Å². The van der Waals surface area contributed by atoms with Crippen molar-refractivity contribution in [1.82, 2.24) is 14.5 Å². The average Bonchev–Trinajstić information content (AvgIpc) is 3.23. The second-order valence-corrected chi connectivity index (χ2v) is 7.63. The first kappa shape index (κ1) is 19.1. The number of amides is 1. The van der Waals surface area contributed by atoms with Crippen molar-refractivity contribution in [3.63, 3.8) is 0 Å². The molecule has 0 unspecified atom stereocenters. The smallest absolute Gasteiger partial charge is 0.244 e. The zero-order valence-electron chi connectivity index (χ0n) is 17.2. The number of anilines is 3. The van der Waals surface area contributed by atoms with E-state index in [4.69, 9.17) is 0 Å². The Morgan fingerprint density at radius 2 is 1.52 bits per heavy atom. The zero-order valence-corrected chi connectivity index (χ0v) is 17.2. The van der Waals surface area contributed by atoms with Crippen molar-refractivity contribution in [2.24, 2.45) is 0 Å². The Morgan fingerprint density at radius 1 is 0.839 bits per heavy atom. The number of para-hydroxylation sites is 2. The summed E-state index contributed by atoms with van der Waals surface area (Å²) >= 11 is 0. The number of carbonyl (C=O) groups excluding carboxylic acids is 1. The summed E-state index contributed by atoms with van der Waals surface area (Å²) < 4.78 is 1.94. The van der Waals surface area contributed by atoms with Crippen LogP contribution in [0, 0.1) is 0 Å². The summed E-state index contributed by atoms with van der Waals surface area (Å²) in [7, 11) is 0. The van der Waals surface area contributed by atoms with Crippen LogP contribution in [0.1, 0.15) is 0 Å². The molecule has 7 nitrogen and oxygen atoms in total. The molecule has 1 saturated heterocycles. The van der Waals surface area contributed by atoms with Gasteiger partial charge in [-0.05, 0) is 29.7 Å². The quantitative estimate of drug-likeness (QED) is 0.544. The molecule has 0 spiro atoms. The molecule has 156 valence electrons. The fourth-order valence-corrected chi connectivity index (χ4v) is 3.99. The van der Waals surface area contributed by atoms with E-state index >= 15 is 0 Å². The molecule has 3 heterocycles. The summed E-state index contributed by atoms with van der Waals surface area (Å²) in [6.45, 7) is 3.83. The molecule has 1 aliphatic heterocycles. The van der Waals surface area contributed by atoms with Crippen LogP contribution in [0.4, 0.5) is 17.3 Å². The third-order valence-corrected chi connectivity index (χ3v) is 5.60. The molecule has 7 heteroatoms. The predicted molar refractivity (Wildman–Crippen MR) is 123 cm³/mol. The number of hydrogen-bond acceptors (Lipinski definition) is 5. The Balaban J connectivity index is 1.17.